The van der Waals surface area contributed by atoms with Crippen molar-refractivity contribution in [2.45, 2.75) is 26.8 Å². The van der Waals surface area contributed by atoms with E-state index in [-0.39, 0.29) is 24.2 Å². The summed E-state index contributed by atoms with van der Waals surface area (Å²) in [5, 5.41) is 5.53. The van der Waals surface area contributed by atoms with Gasteiger partial charge in [-0.2, -0.15) is 0 Å². The molecule has 4 nitrogen and oxygen atoms in total. The molecule has 132 valence electrons. The van der Waals surface area contributed by atoms with Gasteiger partial charge in [0.15, 0.2) is 0 Å². The number of halogens is 1. The van der Waals surface area contributed by atoms with Crippen molar-refractivity contribution < 1.29 is 14.0 Å². The van der Waals surface area contributed by atoms with Gasteiger partial charge in [-0.15, -0.1) is 0 Å². The summed E-state index contributed by atoms with van der Waals surface area (Å²) >= 11 is 0. The Balaban J connectivity index is 1.82. The largest absolute Gasteiger partial charge is 0.355 e. The molecule has 2 aromatic carbocycles. The molecule has 2 aromatic rings. The van der Waals surface area contributed by atoms with Crippen LogP contribution in [-0.2, 0) is 22.6 Å². The highest BCUT2D eigenvalue weighted by atomic mass is 19.1. The summed E-state index contributed by atoms with van der Waals surface area (Å²) in [5.74, 6) is -1.01. The Hall–Kier alpha value is -2.69. The zero-order valence-electron chi connectivity index (χ0n) is 14.5. The normalized spacial score (nSPS) is 11.0. The summed E-state index contributed by atoms with van der Waals surface area (Å²) in [4.78, 5) is 24.7. The number of benzene rings is 2. The molecule has 0 aliphatic carbocycles. The molecular formula is C20H23FN2O2. The molecule has 0 spiro atoms. The van der Waals surface area contributed by atoms with Crippen molar-refractivity contribution in [2.24, 2.45) is 5.41 Å². The third kappa shape index (κ3) is 5.41. The summed E-state index contributed by atoms with van der Waals surface area (Å²) in [7, 11) is 0. The second kappa shape index (κ2) is 8.42. The van der Waals surface area contributed by atoms with Crippen molar-refractivity contribution in [1.29, 1.82) is 0 Å². The number of rotatable bonds is 7. The van der Waals surface area contributed by atoms with Gasteiger partial charge < -0.3 is 10.6 Å². The van der Waals surface area contributed by atoms with Gasteiger partial charge in [-0.3, -0.25) is 9.59 Å². The molecule has 0 unspecified atom stereocenters. The van der Waals surface area contributed by atoms with Crippen LogP contribution in [0.25, 0.3) is 0 Å². The number of amides is 2. The van der Waals surface area contributed by atoms with Crippen molar-refractivity contribution in [3.05, 3.63) is 71.5 Å². The first kappa shape index (κ1) is 18.6. The summed E-state index contributed by atoms with van der Waals surface area (Å²) < 4.78 is 12.9. The zero-order chi connectivity index (χ0) is 18.3. The predicted molar refractivity (Wildman–Crippen MR) is 95.2 cm³/mol. The Morgan fingerprint density at radius 1 is 0.880 bits per heavy atom. The molecule has 0 saturated heterocycles. The van der Waals surface area contributed by atoms with Gasteiger partial charge in [0.1, 0.15) is 11.2 Å². The molecule has 2 N–H and O–H groups in total. The molecule has 0 aliphatic rings. The fourth-order valence-electron chi connectivity index (χ4n) is 2.29. The highest BCUT2D eigenvalue weighted by molar-refractivity contribution is 6.04. The van der Waals surface area contributed by atoms with Gasteiger partial charge in [0, 0.05) is 13.1 Å². The van der Waals surface area contributed by atoms with E-state index >= 15 is 0 Å². The Kier molecular flexibility index (Phi) is 6.28. The van der Waals surface area contributed by atoms with E-state index in [9.17, 15) is 14.0 Å². The molecule has 0 radical (unpaired) electrons. The van der Waals surface area contributed by atoms with Crippen LogP contribution in [0.3, 0.4) is 0 Å². The fraction of sp³-hybridized carbons (Fsp3) is 0.300. The molecule has 0 bridgehead atoms. The molecule has 0 saturated carbocycles. The summed E-state index contributed by atoms with van der Waals surface area (Å²) in [6.45, 7) is 3.90. The minimum Gasteiger partial charge on any atom is -0.355 e. The van der Waals surface area contributed by atoms with E-state index in [1.807, 2.05) is 30.3 Å². The topological polar surface area (TPSA) is 58.2 Å². The first-order chi connectivity index (χ1) is 11.9. The number of carbonyl (C=O) groups excluding carboxylic acids is 2. The smallest absolute Gasteiger partial charge is 0.235 e. The first-order valence-corrected chi connectivity index (χ1v) is 8.24. The molecular weight excluding hydrogens is 319 g/mol. The molecule has 5 heteroatoms. The minimum absolute atomic E-state index is 0.250. The minimum atomic E-state index is -1.18. The molecule has 0 heterocycles. The van der Waals surface area contributed by atoms with Crippen LogP contribution in [0.15, 0.2) is 54.6 Å². The van der Waals surface area contributed by atoms with E-state index in [0.29, 0.717) is 13.0 Å². The number of carbonyl (C=O) groups is 2. The lowest BCUT2D eigenvalue weighted by molar-refractivity contribution is -0.141. The second-order valence-corrected chi connectivity index (χ2v) is 6.43. The maximum absolute atomic E-state index is 12.9. The van der Waals surface area contributed by atoms with Crippen molar-refractivity contribution in [2.75, 3.05) is 6.54 Å². The third-order valence-electron chi connectivity index (χ3n) is 4.04. The van der Waals surface area contributed by atoms with Crippen molar-refractivity contribution in [3.63, 3.8) is 0 Å². The maximum atomic E-state index is 12.9. The van der Waals surface area contributed by atoms with Crippen LogP contribution in [0.4, 0.5) is 4.39 Å². The molecule has 0 atom stereocenters. The Morgan fingerprint density at radius 2 is 1.48 bits per heavy atom. The van der Waals surface area contributed by atoms with E-state index in [4.69, 9.17) is 0 Å². The third-order valence-corrected chi connectivity index (χ3v) is 4.04. The van der Waals surface area contributed by atoms with Gasteiger partial charge in [0.05, 0.1) is 0 Å². The lowest BCUT2D eigenvalue weighted by Crippen LogP contribution is -2.48. The van der Waals surface area contributed by atoms with E-state index in [1.54, 1.807) is 26.0 Å². The summed E-state index contributed by atoms with van der Waals surface area (Å²) in [6.07, 6.45) is 0.708. The Labute approximate surface area is 147 Å². The molecule has 25 heavy (non-hydrogen) atoms. The van der Waals surface area contributed by atoms with Crippen molar-refractivity contribution in [1.82, 2.24) is 10.6 Å². The van der Waals surface area contributed by atoms with Gasteiger partial charge in [0.25, 0.3) is 0 Å². The number of nitrogens with one attached hydrogen (secondary N) is 2. The van der Waals surface area contributed by atoms with Crippen LogP contribution >= 0.6 is 0 Å². The van der Waals surface area contributed by atoms with E-state index < -0.39 is 5.41 Å². The average molecular weight is 342 g/mol. The average Bonchev–Trinajstić information content (AvgIpc) is 2.61. The van der Waals surface area contributed by atoms with Crippen LogP contribution in [0.1, 0.15) is 25.0 Å². The van der Waals surface area contributed by atoms with Gasteiger partial charge in [-0.05, 0) is 43.5 Å². The van der Waals surface area contributed by atoms with Gasteiger partial charge in [-0.1, -0.05) is 42.5 Å². The van der Waals surface area contributed by atoms with Crippen LogP contribution < -0.4 is 10.6 Å². The molecule has 2 amide bonds. The fourth-order valence-corrected chi connectivity index (χ4v) is 2.29. The zero-order valence-corrected chi connectivity index (χ0v) is 14.5. The molecule has 2 rings (SSSR count). The van der Waals surface area contributed by atoms with E-state index in [2.05, 4.69) is 10.6 Å². The lowest BCUT2D eigenvalue weighted by atomic mass is 9.91. The van der Waals surface area contributed by atoms with Crippen molar-refractivity contribution in [3.8, 4) is 0 Å². The standard InChI is InChI=1S/C20H23FN2O2/c1-20(2,18(24)22-13-12-15-6-4-3-5-7-15)19(25)23-14-16-8-10-17(21)11-9-16/h3-11H,12-14H2,1-2H3,(H,22,24)(H,23,25). The Bertz CT molecular complexity index is 712. The second-order valence-electron chi connectivity index (χ2n) is 6.43. The quantitative estimate of drug-likeness (QED) is 0.760. The molecule has 0 aromatic heterocycles. The van der Waals surface area contributed by atoms with Gasteiger partial charge >= 0.3 is 0 Å². The van der Waals surface area contributed by atoms with Crippen LogP contribution in [0.2, 0.25) is 0 Å². The van der Waals surface area contributed by atoms with E-state index in [0.717, 1.165) is 11.1 Å². The highest BCUT2D eigenvalue weighted by Crippen LogP contribution is 2.16. The first-order valence-electron chi connectivity index (χ1n) is 8.24. The SMILES string of the molecule is CC(C)(C(=O)NCCc1ccccc1)C(=O)NCc1ccc(F)cc1. The monoisotopic (exact) mass is 342 g/mol. The van der Waals surface area contributed by atoms with Gasteiger partial charge in [-0.25, -0.2) is 4.39 Å². The summed E-state index contributed by atoms with van der Waals surface area (Å²) in [6, 6.07) is 15.7. The van der Waals surface area contributed by atoms with Gasteiger partial charge in [0.2, 0.25) is 11.8 Å². The van der Waals surface area contributed by atoms with Crippen LogP contribution in [0.5, 0.6) is 0 Å². The van der Waals surface area contributed by atoms with Crippen molar-refractivity contribution >= 4 is 11.8 Å². The van der Waals surface area contributed by atoms with E-state index in [1.165, 1.54) is 12.1 Å². The highest BCUT2D eigenvalue weighted by Gasteiger charge is 2.35. The Morgan fingerprint density at radius 3 is 2.12 bits per heavy atom. The van der Waals surface area contributed by atoms with Crippen LogP contribution in [0, 0.1) is 11.2 Å². The maximum Gasteiger partial charge on any atom is 0.235 e. The number of hydrogen-bond acceptors (Lipinski definition) is 2. The predicted octanol–water partition coefficient (Wildman–Crippen LogP) is 2.83. The molecule has 0 aliphatic heterocycles. The lowest BCUT2D eigenvalue weighted by Gasteiger charge is -2.22. The summed E-state index contributed by atoms with van der Waals surface area (Å²) in [5.41, 5.74) is 0.716. The number of hydrogen-bond donors (Lipinski definition) is 2. The molecule has 0 fully saturated rings. The van der Waals surface area contributed by atoms with Crippen LogP contribution in [-0.4, -0.2) is 18.4 Å².